The highest BCUT2D eigenvalue weighted by molar-refractivity contribution is 4.76. The van der Waals surface area contributed by atoms with E-state index in [-0.39, 0.29) is 0 Å². The van der Waals surface area contributed by atoms with E-state index >= 15 is 0 Å². The second kappa shape index (κ2) is 2.89. The molecule has 0 aromatic carbocycles. The van der Waals surface area contributed by atoms with Gasteiger partial charge in [-0.1, -0.05) is 12.8 Å². The fourth-order valence-corrected chi connectivity index (χ4v) is 1.92. The van der Waals surface area contributed by atoms with E-state index in [1.807, 2.05) is 0 Å². The van der Waals surface area contributed by atoms with Crippen LogP contribution in [-0.2, 0) is 9.47 Å². The van der Waals surface area contributed by atoms with Crippen LogP contribution in [-0.4, -0.2) is 19.5 Å². The Morgan fingerprint density at radius 2 is 2.00 bits per heavy atom. The van der Waals surface area contributed by atoms with E-state index in [1.54, 1.807) is 0 Å². The second-order valence-corrected chi connectivity index (χ2v) is 3.24. The molecule has 0 N–H and O–H groups in total. The fourth-order valence-electron chi connectivity index (χ4n) is 1.92. The number of hydrogen-bond donors (Lipinski definition) is 0. The molecular weight excluding hydrogens is 128 g/mol. The van der Waals surface area contributed by atoms with Gasteiger partial charge < -0.3 is 9.47 Å². The quantitative estimate of drug-likeness (QED) is 0.511. The number of hydrogen-bond acceptors (Lipinski definition) is 2. The third-order valence-electron chi connectivity index (χ3n) is 2.54. The molecule has 1 saturated heterocycles. The Labute approximate surface area is 61.5 Å². The number of rotatable bonds is 0. The van der Waals surface area contributed by atoms with Crippen molar-refractivity contribution in [2.45, 2.75) is 31.8 Å². The summed E-state index contributed by atoms with van der Waals surface area (Å²) in [7, 11) is 0. The van der Waals surface area contributed by atoms with Gasteiger partial charge in [0, 0.05) is 5.92 Å². The molecule has 1 aliphatic carbocycles. The molecular formula is C8H14O2. The standard InChI is InChI=1S/C8H14O2/c1-2-4-8-7(3-1)5-9-6-10-8/h7-8H,1-6H2/t7-,8+/m0/s1. The lowest BCUT2D eigenvalue weighted by Gasteiger charge is -2.34. The molecule has 2 heteroatoms. The first-order valence-electron chi connectivity index (χ1n) is 4.16. The first kappa shape index (κ1) is 6.62. The van der Waals surface area contributed by atoms with E-state index in [4.69, 9.17) is 9.47 Å². The second-order valence-electron chi connectivity index (χ2n) is 3.24. The Bertz CT molecular complexity index is 87.8. The molecule has 2 rings (SSSR count). The largest absolute Gasteiger partial charge is 0.355 e. The van der Waals surface area contributed by atoms with Crippen molar-refractivity contribution in [3.63, 3.8) is 0 Å². The van der Waals surface area contributed by atoms with Gasteiger partial charge in [0.05, 0.1) is 12.7 Å². The van der Waals surface area contributed by atoms with Crippen LogP contribution in [0.5, 0.6) is 0 Å². The minimum absolute atomic E-state index is 0.529. The maximum Gasteiger partial charge on any atom is 0.147 e. The summed E-state index contributed by atoms with van der Waals surface area (Å²) in [6, 6.07) is 0. The van der Waals surface area contributed by atoms with Gasteiger partial charge in [-0.25, -0.2) is 0 Å². The molecule has 0 unspecified atom stereocenters. The smallest absolute Gasteiger partial charge is 0.147 e. The van der Waals surface area contributed by atoms with Crippen molar-refractivity contribution in [1.29, 1.82) is 0 Å². The minimum Gasteiger partial charge on any atom is -0.355 e. The van der Waals surface area contributed by atoms with E-state index in [1.165, 1.54) is 25.7 Å². The summed E-state index contributed by atoms with van der Waals surface area (Å²) < 4.78 is 10.7. The third-order valence-corrected chi connectivity index (χ3v) is 2.54. The van der Waals surface area contributed by atoms with Crippen LogP contribution in [0.15, 0.2) is 0 Å². The Balaban J connectivity index is 1.93. The molecule has 0 amide bonds. The monoisotopic (exact) mass is 142 g/mol. The molecule has 2 fully saturated rings. The van der Waals surface area contributed by atoms with Gasteiger partial charge in [0.15, 0.2) is 0 Å². The molecule has 10 heavy (non-hydrogen) atoms. The normalized spacial score (nSPS) is 40.8. The first-order chi connectivity index (χ1) is 4.97. The lowest BCUT2D eigenvalue weighted by Crippen LogP contribution is -2.36. The Morgan fingerprint density at radius 3 is 2.90 bits per heavy atom. The summed E-state index contributed by atoms with van der Waals surface area (Å²) in [6.07, 6.45) is 5.82. The van der Waals surface area contributed by atoms with Gasteiger partial charge in [0.2, 0.25) is 0 Å². The van der Waals surface area contributed by atoms with Crippen molar-refractivity contribution in [2.75, 3.05) is 13.4 Å². The van der Waals surface area contributed by atoms with Crippen LogP contribution in [0.25, 0.3) is 0 Å². The predicted molar refractivity (Wildman–Crippen MR) is 37.6 cm³/mol. The van der Waals surface area contributed by atoms with Crippen LogP contribution >= 0.6 is 0 Å². The van der Waals surface area contributed by atoms with E-state index in [2.05, 4.69) is 0 Å². The molecule has 0 radical (unpaired) electrons. The van der Waals surface area contributed by atoms with Gasteiger partial charge >= 0.3 is 0 Å². The zero-order chi connectivity index (χ0) is 6.81. The third kappa shape index (κ3) is 1.18. The molecule has 0 bridgehead atoms. The predicted octanol–water partition coefficient (Wildman–Crippen LogP) is 1.55. The SMILES string of the molecule is C1CC[C@H]2OCOC[C@@H]2C1. The van der Waals surface area contributed by atoms with E-state index < -0.39 is 0 Å². The zero-order valence-corrected chi connectivity index (χ0v) is 6.21. The Hall–Kier alpha value is -0.0800. The van der Waals surface area contributed by atoms with Gasteiger partial charge in [-0.3, -0.25) is 0 Å². The molecule has 0 aromatic rings. The molecule has 1 aliphatic heterocycles. The number of ether oxygens (including phenoxy) is 2. The summed E-state index contributed by atoms with van der Waals surface area (Å²) in [5.41, 5.74) is 0. The Kier molecular flexibility index (Phi) is 1.91. The van der Waals surface area contributed by atoms with E-state index in [0.29, 0.717) is 18.8 Å². The molecule has 1 saturated carbocycles. The van der Waals surface area contributed by atoms with Crippen LogP contribution < -0.4 is 0 Å². The van der Waals surface area contributed by atoms with Crippen molar-refractivity contribution in [3.8, 4) is 0 Å². The zero-order valence-electron chi connectivity index (χ0n) is 6.21. The Morgan fingerprint density at radius 1 is 1.10 bits per heavy atom. The van der Waals surface area contributed by atoms with Gasteiger partial charge in [-0.15, -0.1) is 0 Å². The highest BCUT2D eigenvalue weighted by Crippen LogP contribution is 2.29. The number of fused-ring (bicyclic) bond motifs is 1. The van der Waals surface area contributed by atoms with Crippen molar-refractivity contribution in [3.05, 3.63) is 0 Å². The molecule has 2 aliphatic rings. The van der Waals surface area contributed by atoms with Gasteiger partial charge in [-0.2, -0.15) is 0 Å². The van der Waals surface area contributed by atoms with Crippen molar-refractivity contribution in [2.24, 2.45) is 5.92 Å². The molecule has 0 aromatic heterocycles. The highest BCUT2D eigenvalue weighted by Gasteiger charge is 2.28. The molecule has 0 spiro atoms. The topological polar surface area (TPSA) is 18.5 Å². The first-order valence-corrected chi connectivity index (χ1v) is 4.16. The van der Waals surface area contributed by atoms with Crippen molar-refractivity contribution in [1.82, 2.24) is 0 Å². The van der Waals surface area contributed by atoms with E-state index in [0.717, 1.165) is 6.61 Å². The summed E-state index contributed by atoms with van der Waals surface area (Å²) in [6.45, 7) is 1.46. The lowest BCUT2D eigenvalue weighted by molar-refractivity contribution is -0.179. The summed E-state index contributed by atoms with van der Waals surface area (Å²) in [5, 5.41) is 0. The average molecular weight is 142 g/mol. The summed E-state index contributed by atoms with van der Waals surface area (Å²) in [4.78, 5) is 0. The minimum atomic E-state index is 0.529. The van der Waals surface area contributed by atoms with Crippen molar-refractivity contribution >= 4 is 0 Å². The van der Waals surface area contributed by atoms with E-state index in [9.17, 15) is 0 Å². The van der Waals surface area contributed by atoms with Crippen LogP contribution in [0, 0.1) is 5.92 Å². The van der Waals surface area contributed by atoms with Gasteiger partial charge in [-0.05, 0) is 12.8 Å². The molecule has 2 nitrogen and oxygen atoms in total. The molecule has 1 heterocycles. The average Bonchev–Trinajstić information content (AvgIpc) is 2.05. The maximum atomic E-state index is 5.46. The molecule has 2 atom stereocenters. The van der Waals surface area contributed by atoms with Crippen LogP contribution in [0.4, 0.5) is 0 Å². The summed E-state index contributed by atoms with van der Waals surface area (Å²) in [5.74, 6) is 0.711. The summed E-state index contributed by atoms with van der Waals surface area (Å²) >= 11 is 0. The maximum absolute atomic E-state index is 5.46. The lowest BCUT2D eigenvalue weighted by atomic mass is 9.87. The van der Waals surface area contributed by atoms with Crippen LogP contribution in [0.3, 0.4) is 0 Å². The molecule has 58 valence electrons. The van der Waals surface area contributed by atoms with Gasteiger partial charge in [0.25, 0.3) is 0 Å². The van der Waals surface area contributed by atoms with Crippen LogP contribution in [0.2, 0.25) is 0 Å². The van der Waals surface area contributed by atoms with Crippen LogP contribution in [0.1, 0.15) is 25.7 Å². The highest BCUT2D eigenvalue weighted by atomic mass is 16.7. The van der Waals surface area contributed by atoms with Crippen molar-refractivity contribution < 1.29 is 9.47 Å². The van der Waals surface area contributed by atoms with Gasteiger partial charge in [0.1, 0.15) is 6.79 Å². The fraction of sp³-hybridized carbons (Fsp3) is 1.00.